The van der Waals surface area contributed by atoms with E-state index < -0.39 is 33.4 Å². The highest BCUT2D eigenvalue weighted by molar-refractivity contribution is 8.02. The van der Waals surface area contributed by atoms with E-state index >= 15 is 0 Å². The number of aliphatic hydroxyl groups excluding tert-OH is 1. The lowest BCUT2D eigenvalue weighted by Gasteiger charge is -2.40. The summed E-state index contributed by atoms with van der Waals surface area (Å²) < 4.78 is 5.53. The van der Waals surface area contributed by atoms with Crippen LogP contribution in [-0.4, -0.2) is 95.5 Å². The quantitative estimate of drug-likeness (QED) is 0.366. The fourth-order valence-electron chi connectivity index (χ4n) is 7.92. The van der Waals surface area contributed by atoms with Crippen molar-refractivity contribution in [2.24, 2.45) is 17.8 Å². The molecular weight excluding hydrogens is 616 g/mol. The average Bonchev–Trinajstić information content (AvgIpc) is 3.58. The Morgan fingerprint density at radius 1 is 0.979 bits per heavy atom. The first-order valence-electron chi connectivity index (χ1n) is 16.2. The molecule has 2 aromatic carbocycles. The van der Waals surface area contributed by atoms with Gasteiger partial charge in [-0.2, -0.15) is 0 Å². The monoisotopic (exact) mass is 656 g/mol. The van der Waals surface area contributed by atoms with Crippen molar-refractivity contribution in [2.75, 3.05) is 31.2 Å². The maximum atomic E-state index is 14.9. The van der Waals surface area contributed by atoms with Crippen LogP contribution in [0.5, 0.6) is 5.75 Å². The van der Waals surface area contributed by atoms with Gasteiger partial charge in [-0.1, -0.05) is 55.5 Å². The van der Waals surface area contributed by atoms with Crippen molar-refractivity contribution >= 4 is 46.2 Å². The number of carbonyl (C=O) groups is 3. The molecule has 1 spiro atoms. The summed E-state index contributed by atoms with van der Waals surface area (Å²) in [6.07, 6.45) is 7.99. The number of aromatic nitrogens is 3. The number of benzene rings is 2. The SMILES string of the molecule is CCOc1ccc(N2CC=C[C@@]3(C)S[C@]45C=CCN(Cn6nnc7ccccc76)C(=O)C4N([C@@H](CO)C(C)C)C(=O)[C@@H]5[C@H]3C2=O)cc1. The average molecular weight is 657 g/mol. The van der Waals surface area contributed by atoms with E-state index in [0.717, 1.165) is 11.0 Å². The summed E-state index contributed by atoms with van der Waals surface area (Å²) in [5, 5.41) is 19.2. The normalized spacial score (nSPS) is 29.3. The number of para-hydroxylation sites is 1. The summed E-state index contributed by atoms with van der Waals surface area (Å²) in [6, 6.07) is 13.5. The minimum absolute atomic E-state index is 0.131. The second kappa shape index (κ2) is 11.8. The first kappa shape index (κ1) is 31.4. The van der Waals surface area contributed by atoms with Crippen molar-refractivity contribution in [3.63, 3.8) is 0 Å². The highest BCUT2D eigenvalue weighted by Gasteiger charge is 2.74. The van der Waals surface area contributed by atoms with Gasteiger partial charge in [0.15, 0.2) is 0 Å². The number of carbonyl (C=O) groups excluding carboxylic acids is 3. The van der Waals surface area contributed by atoms with Gasteiger partial charge in [0, 0.05) is 23.5 Å². The Labute approximate surface area is 278 Å². The van der Waals surface area contributed by atoms with Crippen LogP contribution < -0.4 is 9.64 Å². The lowest BCUT2D eigenvalue weighted by Crippen LogP contribution is -2.58. The van der Waals surface area contributed by atoms with E-state index in [2.05, 4.69) is 10.3 Å². The van der Waals surface area contributed by atoms with E-state index in [4.69, 9.17) is 4.74 Å². The number of fused-ring (bicyclic) bond motifs is 3. The van der Waals surface area contributed by atoms with Crippen LogP contribution in [0.2, 0.25) is 0 Å². The molecule has 4 aliphatic heterocycles. The molecule has 0 saturated carbocycles. The Bertz CT molecular complexity index is 1770. The molecular formula is C35H40N6O5S. The zero-order valence-corrected chi connectivity index (χ0v) is 27.8. The van der Waals surface area contributed by atoms with Gasteiger partial charge < -0.3 is 24.5 Å². The number of nitrogens with zero attached hydrogens (tertiary/aromatic N) is 6. The van der Waals surface area contributed by atoms with Gasteiger partial charge in [0.25, 0.3) is 0 Å². The largest absolute Gasteiger partial charge is 0.494 e. The van der Waals surface area contributed by atoms with Gasteiger partial charge in [0.05, 0.1) is 41.4 Å². The molecule has 4 aliphatic rings. The second-order valence-electron chi connectivity index (χ2n) is 13.2. The van der Waals surface area contributed by atoms with Crippen molar-refractivity contribution in [3.8, 4) is 5.75 Å². The zero-order valence-electron chi connectivity index (χ0n) is 27.0. The van der Waals surface area contributed by atoms with Gasteiger partial charge in [0.1, 0.15) is 24.0 Å². The first-order valence-corrected chi connectivity index (χ1v) is 17.0. The standard InChI is InChI=1S/C35H40N6O5S/c1-5-46-24-14-12-23(13-15-24)39-19-8-16-34(4)28(31(39)43)29-32(44)41(27(20-42)22(2)3)30-33(45)38(18-9-17-35(29,30)47-34)21-40-26-11-7-6-10-25(26)36-37-40/h6-17,22,27-30,42H,5,18-21H2,1-4H3/t27-,28-,29-,30?,34+,35-/m0/s1. The van der Waals surface area contributed by atoms with Crippen LogP contribution >= 0.6 is 11.8 Å². The van der Waals surface area contributed by atoms with Gasteiger partial charge >= 0.3 is 0 Å². The number of amides is 3. The highest BCUT2D eigenvalue weighted by Crippen LogP contribution is 2.66. The predicted octanol–water partition coefficient (Wildman–Crippen LogP) is 3.49. The van der Waals surface area contributed by atoms with Crippen molar-refractivity contribution < 1.29 is 24.2 Å². The number of aliphatic hydroxyl groups is 1. The van der Waals surface area contributed by atoms with Gasteiger partial charge in [-0.3, -0.25) is 14.4 Å². The maximum Gasteiger partial charge on any atom is 0.248 e. The molecule has 0 bridgehead atoms. The van der Waals surface area contributed by atoms with E-state index in [1.807, 2.05) is 101 Å². The van der Waals surface area contributed by atoms with Crippen LogP contribution in [0.25, 0.3) is 11.0 Å². The van der Waals surface area contributed by atoms with Gasteiger partial charge in [-0.25, -0.2) is 4.68 Å². The summed E-state index contributed by atoms with van der Waals surface area (Å²) in [5.41, 5.74) is 2.23. The van der Waals surface area contributed by atoms with Crippen molar-refractivity contribution in [1.82, 2.24) is 24.8 Å². The summed E-state index contributed by atoms with van der Waals surface area (Å²) in [7, 11) is 0. The molecule has 3 amide bonds. The Balaban J connectivity index is 1.30. The van der Waals surface area contributed by atoms with Crippen molar-refractivity contribution in [1.29, 1.82) is 0 Å². The molecule has 7 rings (SSSR count). The molecule has 2 saturated heterocycles. The number of anilines is 1. The number of thioether (sulfide) groups is 1. The van der Waals surface area contributed by atoms with E-state index in [9.17, 15) is 19.5 Å². The van der Waals surface area contributed by atoms with E-state index in [1.165, 1.54) is 11.8 Å². The van der Waals surface area contributed by atoms with Gasteiger partial charge in [-0.05, 0) is 56.2 Å². The van der Waals surface area contributed by atoms with Crippen LogP contribution in [0.15, 0.2) is 72.8 Å². The topological polar surface area (TPSA) is 121 Å². The number of hydrogen-bond acceptors (Lipinski definition) is 8. The number of rotatable bonds is 8. The van der Waals surface area contributed by atoms with Crippen LogP contribution in [0, 0.1) is 17.8 Å². The summed E-state index contributed by atoms with van der Waals surface area (Å²) in [5.74, 6) is -1.65. The molecule has 3 aromatic rings. The second-order valence-corrected chi connectivity index (χ2v) is 15.0. The molecule has 1 aromatic heterocycles. The lowest BCUT2D eigenvalue weighted by atomic mass is 9.74. The van der Waals surface area contributed by atoms with E-state index in [-0.39, 0.29) is 36.9 Å². The van der Waals surface area contributed by atoms with E-state index in [1.54, 1.807) is 19.4 Å². The predicted molar refractivity (Wildman–Crippen MR) is 180 cm³/mol. The Morgan fingerprint density at radius 3 is 2.45 bits per heavy atom. The third kappa shape index (κ3) is 4.86. The molecule has 2 fully saturated rings. The Kier molecular flexibility index (Phi) is 7.91. The van der Waals surface area contributed by atoms with Gasteiger partial charge in [0.2, 0.25) is 17.7 Å². The minimum atomic E-state index is -1.03. The van der Waals surface area contributed by atoms with Crippen LogP contribution in [-0.2, 0) is 21.1 Å². The van der Waals surface area contributed by atoms with Crippen molar-refractivity contribution in [2.45, 2.75) is 55.9 Å². The lowest BCUT2D eigenvalue weighted by molar-refractivity contribution is -0.147. The Morgan fingerprint density at radius 2 is 1.72 bits per heavy atom. The third-order valence-corrected chi connectivity index (χ3v) is 11.9. The fourth-order valence-corrected chi connectivity index (χ4v) is 10.1. The smallest absolute Gasteiger partial charge is 0.248 e. The number of hydrogen-bond donors (Lipinski definition) is 1. The molecule has 1 unspecified atom stereocenters. The molecule has 6 atom stereocenters. The molecule has 12 heteroatoms. The van der Waals surface area contributed by atoms with Crippen LogP contribution in [0.1, 0.15) is 27.7 Å². The van der Waals surface area contributed by atoms with Crippen molar-refractivity contribution in [3.05, 3.63) is 72.8 Å². The maximum absolute atomic E-state index is 14.9. The molecule has 1 N–H and O–H groups in total. The summed E-state index contributed by atoms with van der Waals surface area (Å²) >= 11 is 1.53. The number of likely N-dealkylation sites (tertiary alicyclic amines) is 1. The first-order chi connectivity index (χ1) is 22.6. The molecule has 0 aliphatic carbocycles. The molecule has 246 valence electrons. The molecule has 11 nitrogen and oxygen atoms in total. The summed E-state index contributed by atoms with van der Waals surface area (Å²) in [6.45, 7) is 8.85. The third-order valence-electron chi connectivity index (χ3n) is 10.1. The molecule has 47 heavy (non-hydrogen) atoms. The van der Waals surface area contributed by atoms with E-state index in [0.29, 0.717) is 31.1 Å². The van der Waals surface area contributed by atoms with Gasteiger partial charge in [-0.15, -0.1) is 16.9 Å². The molecule has 5 heterocycles. The molecule has 0 radical (unpaired) electrons. The minimum Gasteiger partial charge on any atom is -0.494 e. The summed E-state index contributed by atoms with van der Waals surface area (Å²) in [4.78, 5) is 49.5. The number of ether oxygens (including phenoxy) is 1. The van der Waals surface area contributed by atoms with Crippen LogP contribution in [0.4, 0.5) is 5.69 Å². The fraction of sp³-hybridized carbons (Fsp3) is 0.457. The highest BCUT2D eigenvalue weighted by atomic mass is 32.2. The Hall–Kier alpha value is -4.16. The van der Waals surface area contributed by atoms with Crippen LogP contribution in [0.3, 0.4) is 0 Å². The zero-order chi connectivity index (χ0) is 33.1.